The number of Topliss-reactive ketones (excluding diaryl/α,β-unsaturated/α-hetero) is 1. The van der Waals surface area contributed by atoms with Gasteiger partial charge in [0, 0.05) is 37.3 Å². The summed E-state index contributed by atoms with van der Waals surface area (Å²) in [6.45, 7) is 1.57. The first-order valence-electron chi connectivity index (χ1n) is 6.65. The second-order valence-corrected chi connectivity index (χ2v) is 4.88. The van der Waals surface area contributed by atoms with Crippen LogP contribution in [0.5, 0.6) is 0 Å². The highest BCUT2D eigenvalue weighted by Gasteiger charge is 2.16. The molecule has 0 spiro atoms. The Morgan fingerprint density at radius 1 is 1.05 bits per heavy atom. The van der Waals surface area contributed by atoms with Gasteiger partial charge < -0.3 is 0 Å². The topological polar surface area (TPSA) is 51.7 Å². The lowest BCUT2D eigenvalue weighted by Gasteiger charge is -2.03. The third-order valence-electron chi connectivity index (χ3n) is 3.59. The first kappa shape index (κ1) is 11.8. The summed E-state index contributed by atoms with van der Waals surface area (Å²) in [5.74, 6) is 0.0158. The second-order valence-electron chi connectivity index (χ2n) is 4.88. The van der Waals surface area contributed by atoms with Crippen molar-refractivity contribution in [3.63, 3.8) is 0 Å². The minimum absolute atomic E-state index is 0.0158. The number of pyridine rings is 1. The van der Waals surface area contributed by atoms with E-state index in [1.807, 2.05) is 51.5 Å². The smallest absolute Gasteiger partial charge is 0.176 e. The maximum Gasteiger partial charge on any atom is 0.176 e. The summed E-state index contributed by atoms with van der Waals surface area (Å²) >= 11 is 0. The highest BCUT2D eigenvalue weighted by Crippen LogP contribution is 2.27. The van der Waals surface area contributed by atoms with Crippen LogP contribution in [-0.4, -0.2) is 24.6 Å². The summed E-state index contributed by atoms with van der Waals surface area (Å²) in [6, 6.07) is 9.61. The van der Waals surface area contributed by atoms with E-state index in [-0.39, 0.29) is 5.78 Å². The Balaban J connectivity index is 2.11. The quantitative estimate of drug-likeness (QED) is 0.529. The van der Waals surface area contributed by atoms with E-state index < -0.39 is 0 Å². The van der Waals surface area contributed by atoms with Crippen molar-refractivity contribution < 1.29 is 4.79 Å². The van der Waals surface area contributed by atoms with Gasteiger partial charge in [0.2, 0.25) is 0 Å². The lowest BCUT2D eigenvalue weighted by atomic mass is 10.2. The van der Waals surface area contributed by atoms with Gasteiger partial charge in [-0.25, -0.2) is 9.97 Å². The Morgan fingerprint density at radius 3 is 2.81 bits per heavy atom. The second kappa shape index (κ2) is 4.28. The van der Waals surface area contributed by atoms with Gasteiger partial charge >= 0.3 is 0 Å². The van der Waals surface area contributed by atoms with E-state index in [1.54, 1.807) is 19.3 Å². The molecular formula is C16H12N4O. The number of carbonyl (C=O) groups excluding carboxylic acids is 1. The number of imidazole rings is 1. The number of ketones is 1. The fourth-order valence-corrected chi connectivity index (χ4v) is 2.66. The van der Waals surface area contributed by atoms with Crippen molar-refractivity contribution in [2.45, 2.75) is 6.92 Å². The first-order valence-corrected chi connectivity index (χ1v) is 6.65. The molecule has 4 heterocycles. The van der Waals surface area contributed by atoms with Gasteiger partial charge in [0.25, 0.3) is 0 Å². The third-order valence-corrected chi connectivity index (χ3v) is 3.59. The van der Waals surface area contributed by atoms with Crippen molar-refractivity contribution in [2.24, 2.45) is 0 Å². The third kappa shape index (κ3) is 1.67. The molecule has 5 heteroatoms. The van der Waals surface area contributed by atoms with Gasteiger partial charge in [0.05, 0.1) is 11.4 Å². The van der Waals surface area contributed by atoms with Gasteiger partial charge in [-0.05, 0) is 24.3 Å². The number of nitrogens with zero attached hydrogens (tertiary/aromatic N) is 4. The Labute approximate surface area is 120 Å². The summed E-state index contributed by atoms with van der Waals surface area (Å²) < 4.78 is 3.82. The molecule has 4 aromatic rings. The molecule has 0 unspecified atom stereocenters. The Morgan fingerprint density at radius 2 is 1.95 bits per heavy atom. The number of aromatic nitrogens is 4. The summed E-state index contributed by atoms with van der Waals surface area (Å²) in [7, 11) is 0. The Kier molecular flexibility index (Phi) is 2.41. The summed E-state index contributed by atoms with van der Waals surface area (Å²) in [4.78, 5) is 20.6. The fourth-order valence-electron chi connectivity index (χ4n) is 2.66. The number of hydrogen-bond acceptors (Lipinski definition) is 3. The molecule has 0 amide bonds. The van der Waals surface area contributed by atoms with Crippen LogP contribution in [0.15, 0.2) is 55.1 Å². The van der Waals surface area contributed by atoms with E-state index in [1.165, 1.54) is 0 Å². The molecule has 0 aliphatic carbocycles. The molecule has 0 N–H and O–H groups in total. The molecule has 0 atom stereocenters. The average Bonchev–Trinajstić information content (AvgIpc) is 3.11. The molecule has 0 fully saturated rings. The molecule has 4 aromatic heterocycles. The van der Waals surface area contributed by atoms with E-state index in [2.05, 4.69) is 9.97 Å². The van der Waals surface area contributed by atoms with Crippen LogP contribution < -0.4 is 0 Å². The minimum Gasteiger partial charge on any atom is -0.300 e. The van der Waals surface area contributed by atoms with Crippen LogP contribution >= 0.6 is 0 Å². The van der Waals surface area contributed by atoms with Gasteiger partial charge in [-0.1, -0.05) is 6.07 Å². The maximum atomic E-state index is 11.8. The van der Waals surface area contributed by atoms with Crippen molar-refractivity contribution >= 4 is 17.1 Å². The van der Waals surface area contributed by atoms with Crippen LogP contribution in [0, 0.1) is 0 Å². The van der Waals surface area contributed by atoms with E-state index in [9.17, 15) is 4.79 Å². The molecule has 0 saturated carbocycles. The van der Waals surface area contributed by atoms with Crippen LogP contribution in [0.2, 0.25) is 0 Å². The van der Waals surface area contributed by atoms with E-state index in [4.69, 9.17) is 0 Å². The number of hydrogen-bond donors (Lipinski definition) is 0. The monoisotopic (exact) mass is 276 g/mol. The van der Waals surface area contributed by atoms with Gasteiger partial charge in [0.1, 0.15) is 11.3 Å². The molecular weight excluding hydrogens is 264 g/mol. The van der Waals surface area contributed by atoms with Crippen molar-refractivity contribution in [3.05, 3.63) is 60.8 Å². The molecule has 4 rings (SSSR count). The van der Waals surface area contributed by atoms with Crippen molar-refractivity contribution in [1.29, 1.82) is 0 Å². The predicted octanol–water partition coefficient (Wildman–Crippen LogP) is 2.85. The molecule has 5 nitrogen and oxygen atoms in total. The van der Waals surface area contributed by atoms with Gasteiger partial charge in [-0.3, -0.25) is 13.6 Å². The zero-order valence-corrected chi connectivity index (χ0v) is 11.4. The normalized spacial score (nSPS) is 11.3. The van der Waals surface area contributed by atoms with Crippen molar-refractivity contribution in [1.82, 2.24) is 18.8 Å². The summed E-state index contributed by atoms with van der Waals surface area (Å²) in [5, 5.41) is 0. The van der Waals surface area contributed by atoms with E-state index >= 15 is 0 Å². The minimum atomic E-state index is 0.0158. The highest BCUT2D eigenvalue weighted by molar-refractivity contribution is 5.97. The van der Waals surface area contributed by atoms with Crippen molar-refractivity contribution in [3.8, 4) is 11.3 Å². The van der Waals surface area contributed by atoms with Crippen LogP contribution in [0.1, 0.15) is 17.4 Å². The van der Waals surface area contributed by atoms with Gasteiger partial charge in [-0.15, -0.1) is 0 Å². The summed E-state index contributed by atoms with van der Waals surface area (Å²) in [5.41, 5.74) is 4.15. The number of carbonyl (C=O) groups is 1. The standard InChI is InChI=1S/C16H12N4O/c1-11(21)14-10-12(16-18-6-3-8-20(14)16)13-4-2-5-15-17-7-9-19(13)15/h2-10H,1H3. The highest BCUT2D eigenvalue weighted by atomic mass is 16.1. The largest absolute Gasteiger partial charge is 0.300 e. The zero-order chi connectivity index (χ0) is 14.4. The van der Waals surface area contributed by atoms with Gasteiger partial charge in [-0.2, -0.15) is 0 Å². The number of rotatable bonds is 2. The van der Waals surface area contributed by atoms with Crippen LogP contribution in [0.3, 0.4) is 0 Å². The van der Waals surface area contributed by atoms with Crippen LogP contribution in [0.4, 0.5) is 0 Å². The first-order chi connectivity index (χ1) is 10.3. The SMILES string of the molecule is CC(=O)c1cc(-c2cccc3nccn23)c2ncccn12. The van der Waals surface area contributed by atoms with Gasteiger partial charge in [0.15, 0.2) is 5.78 Å². The molecule has 102 valence electrons. The maximum absolute atomic E-state index is 11.8. The molecule has 0 saturated heterocycles. The predicted molar refractivity (Wildman–Crippen MR) is 79.4 cm³/mol. The van der Waals surface area contributed by atoms with E-state index in [0.717, 1.165) is 22.6 Å². The fraction of sp³-hybridized carbons (Fsp3) is 0.0625. The lowest BCUT2D eigenvalue weighted by Crippen LogP contribution is -1.98. The molecule has 0 bridgehead atoms. The molecule has 0 aliphatic heterocycles. The Bertz CT molecular complexity index is 980. The van der Waals surface area contributed by atoms with E-state index in [0.29, 0.717) is 5.69 Å². The average molecular weight is 276 g/mol. The molecule has 0 aliphatic rings. The summed E-state index contributed by atoms with van der Waals surface area (Å²) in [6.07, 6.45) is 7.26. The molecule has 21 heavy (non-hydrogen) atoms. The van der Waals surface area contributed by atoms with Crippen LogP contribution in [-0.2, 0) is 0 Å². The lowest BCUT2D eigenvalue weighted by molar-refractivity contribution is 0.101. The Hall–Kier alpha value is -2.95. The number of fused-ring (bicyclic) bond motifs is 2. The molecule has 0 aromatic carbocycles. The van der Waals surface area contributed by atoms with Crippen molar-refractivity contribution in [2.75, 3.05) is 0 Å². The zero-order valence-electron chi connectivity index (χ0n) is 11.4. The molecule has 0 radical (unpaired) electrons. The van der Waals surface area contributed by atoms with Crippen LogP contribution in [0.25, 0.3) is 22.6 Å².